The number of benzene rings is 1. The van der Waals surface area contributed by atoms with Gasteiger partial charge < -0.3 is 14.8 Å². The second-order valence-electron chi connectivity index (χ2n) is 3.74. The summed E-state index contributed by atoms with van der Waals surface area (Å²) >= 11 is 0. The average molecular weight is 217 g/mol. The molecule has 1 heterocycles. The lowest BCUT2D eigenvalue weighted by molar-refractivity contribution is 0.282. The van der Waals surface area contributed by atoms with Gasteiger partial charge in [-0.1, -0.05) is 12.1 Å². The van der Waals surface area contributed by atoms with E-state index in [0.717, 1.165) is 22.6 Å². The molecule has 0 spiro atoms. The molecule has 0 aliphatic rings. The van der Waals surface area contributed by atoms with E-state index in [1.807, 2.05) is 37.3 Å². The van der Waals surface area contributed by atoms with Crippen LogP contribution in [0, 0.1) is 6.92 Å². The minimum atomic E-state index is 0.0648. The zero-order valence-electron chi connectivity index (χ0n) is 9.23. The molecular formula is C13H15NO2. The Balaban J connectivity index is 2.02. The largest absolute Gasteiger partial charge is 0.467 e. The van der Waals surface area contributed by atoms with E-state index in [1.165, 1.54) is 0 Å². The molecule has 0 unspecified atom stereocenters. The van der Waals surface area contributed by atoms with Crippen LogP contribution in [0.25, 0.3) is 0 Å². The van der Waals surface area contributed by atoms with Crippen molar-refractivity contribution in [3.63, 3.8) is 0 Å². The normalized spacial score (nSPS) is 10.4. The monoisotopic (exact) mass is 217 g/mol. The summed E-state index contributed by atoms with van der Waals surface area (Å²) in [7, 11) is 0. The average Bonchev–Trinajstić information content (AvgIpc) is 2.72. The summed E-state index contributed by atoms with van der Waals surface area (Å²) < 4.78 is 5.33. The third kappa shape index (κ3) is 2.44. The van der Waals surface area contributed by atoms with Gasteiger partial charge in [0.2, 0.25) is 0 Å². The number of nitrogens with one attached hydrogen (secondary N) is 1. The van der Waals surface area contributed by atoms with Crippen LogP contribution in [0.15, 0.2) is 41.0 Å². The summed E-state index contributed by atoms with van der Waals surface area (Å²) in [5.74, 6) is 0.939. The van der Waals surface area contributed by atoms with Gasteiger partial charge >= 0.3 is 0 Å². The smallest absolute Gasteiger partial charge is 0.125 e. The highest BCUT2D eigenvalue weighted by Gasteiger charge is 2.01. The van der Waals surface area contributed by atoms with Gasteiger partial charge in [-0.2, -0.15) is 0 Å². The molecular weight excluding hydrogens is 202 g/mol. The van der Waals surface area contributed by atoms with Crippen molar-refractivity contribution in [2.75, 3.05) is 5.32 Å². The molecule has 1 aromatic heterocycles. The standard InChI is InChI=1S/C13H15NO2/c1-10-5-6-16-13(10)8-14-12-4-2-3-11(7-12)9-15/h2-7,14-15H,8-9H2,1H3. The van der Waals surface area contributed by atoms with Gasteiger partial charge in [0.15, 0.2) is 0 Å². The van der Waals surface area contributed by atoms with Crippen molar-refractivity contribution in [3.8, 4) is 0 Å². The lowest BCUT2D eigenvalue weighted by atomic mass is 10.2. The Bertz CT molecular complexity index is 462. The molecule has 0 fully saturated rings. The van der Waals surface area contributed by atoms with E-state index in [2.05, 4.69) is 5.32 Å². The van der Waals surface area contributed by atoms with Crippen molar-refractivity contribution < 1.29 is 9.52 Å². The highest BCUT2D eigenvalue weighted by Crippen LogP contribution is 2.14. The maximum atomic E-state index is 9.01. The fourth-order valence-electron chi connectivity index (χ4n) is 1.55. The van der Waals surface area contributed by atoms with Crippen molar-refractivity contribution in [1.82, 2.24) is 0 Å². The lowest BCUT2D eigenvalue weighted by Crippen LogP contribution is -1.99. The molecule has 0 saturated carbocycles. The number of aliphatic hydroxyl groups excluding tert-OH is 1. The summed E-state index contributed by atoms with van der Waals surface area (Å²) in [5.41, 5.74) is 3.04. The topological polar surface area (TPSA) is 45.4 Å². The third-order valence-electron chi connectivity index (χ3n) is 2.53. The van der Waals surface area contributed by atoms with E-state index in [0.29, 0.717) is 6.54 Å². The van der Waals surface area contributed by atoms with Gasteiger partial charge in [-0.3, -0.25) is 0 Å². The Hall–Kier alpha value is -1.74. The van der Waals surface area contributed by atoms with E-state index >= 15 is 0 Å². The minimum Gasteiger partial charge on any atom is -0.467 e. The molecule has 0 radical (unpaired) electrons. The van der Waals surface area contributed by atoms with Crippen LogP contribution in [0.4, 0.5) is 5.69 Å². The molecule has 2 rings (SSSR count). The van der Waals surface area contributed by atoms with Crippen LogP contribution in [0.3, 0.4) is 0 Å². The van der Waals surface area contributed by atoms with Gasteiger partial charge in [-0.15, -0.1) is 0 Å². The van der Waals surface area contributed by atoms with Crippen molar-refractivity contribution in [3.05, 3.63) is 53.5 Å². The zero-order chi connectivity index (χ0) is 11.4. The molecule has 0 atom stereocenters. The number of hydrogen-bond acceptors (Lipinski definition) is 3. The fraction of sp³-hybridized carbons (Fsp3) is 0.231. The molecule has 84 valence electrons. The van der Waals surface area contributed by atoms with Crippen molar-refractivity contribution >= 4 is 5.69 Å². The Morgan fingerprint density at radius 2 is 2.19 bits per heavy atom. The molecule has 3 heteroatoms. The van der Waals surface area contributed by atoms with Crippen LogP contribution in [0.5, 0.6) is 0 Å². The van der Waals surface area contributed by atoms with Crippen LogP contribution in [-0.4, -0.2) is 5.11 Å². The molecule has 3 nitrogen and oxygen atoms in total. The van der Waals surface area contributed by atoms with E-state index in [-0.39, 0.29) is 6.61 Å². The van der Waals surface area contributed by atoms with E-state index in [9.17, 15) is 0 Å². The van der Waals surface area contributed by atoms with Gasteiger partial charge in [-0.25, -0.2) is 0 Å². The first-order valence-electron chi connectivity index (χ1n) is 5.26. The van der Waals surface area contributed by atoms with Crippen LogP contribution < -0.4 is 5.32 Å². The van der Waals surface area contributed by atoms with E-state index < -0.39 is 0 Å². The van der Waals surface area contributed by atoms with Crippen LogP contribution in [-0.2, 0) is 13.2 Å². The quantitative estimate of drug-likeness (QED) is 0.827. The Labute approximate surface area is 94.7 Å². The number of aryl methyl sites for hydroxylation is 1. The number of anilines is 1. The maximum absolute atomic E-state index is 9.01. The first kappa shape index (κ1) is 10.8. The van der Waals surface area contributed by atoms with Crippen LogP contribution in [0.1, 0.15) is 16.9 Å². The Morgan fingerprint density at radius 3 is 2.88 bits per heavy atom. The summed E-state index contributed by atoms with van der Waals surface area (Å²) in [6, 6.07) is 9.66. The van der Waals surface area contributed by atoms with Crippen molar-refractivity contribution in [2.45, 2.75) is 20.1 Å². The van der Waals surface area contributed by atoms with Gasteiger partial charge in [-0.05, 0) is 36.2 Å². The SMILES string of the molecule is Cc1ccoc1CNc1cccc(CO)c1. The van der Waals surface area contributed by atoms with Crippen molar-refractivity contribution in [1.29, 1.82) is 0 Å². The summed E-state index contributed by atoms with van der Waals surface area (Å²) in [4.78, 5) is 0. The summed E-state index contributed by atoms with van der Waals surface area (Å²) in [6.45, 7) is 2.74. The molecule has 16 heavy (non-hydrogen) atoms. The van der Waals surface area contributed by atoms with E-state index in [1.54, 1.807) is 6.26 Å². The number of hydrogen-bond donors (Lipinski definition) is 2. The van der Waals surface area contributed by atoms with Crippen molar-refractivity contribution in [2.24, 2.45) is 0 Å². The number of furan rings is 1. The van der Waals surface area contributed by atoms with Gasteiger partial charge in [0, 0.05) is 5.69 Å². The zero-order valence-corrected chi connectivity index (χ0v) is 9.23. The van der Waals surface area contributed by atoms with Gasteiger partial charge in [0.05, 0.1) is 19.4 Å². The third-order valence-corrected chi connectivity index (χ3v) is 2.53. The van der Waals surface area contributed by atoms with Gasteiger partial charge in [0.1, 0.15) is 5.76 Å². The fourth-order valence-corrected chi connectivity index (χ4v) is 1.55. The molecule has 0 bridgehead atoms. The lowest BCUT2D eigenvalue weighted by Gasteiger charge is -2.06. The number of aliphatic hydroxyl groups is 1. The molecule has 0 saturated heterocycles. The maximum Gasteiger partial charge on any atom is 0.125 e. The minimum absolute atomic E-state index is 0.0648. The Kier molecular flexibility index (Phi) is 3.27. The second-order valence-corrected chi connectivity index (χ2v) is 3.74. The predicted molar refractivity (Wildman–Crippen MR) is 63.1 cm³/mol. The highest BCUT2D eigenvalue weighted by atomic mass is 16.3. The molecule has 0 aliphatic heterocycles. The number of rotatable bonds is 4. The molecule has 2 aromatic rings. The second kappa shape index (κ2) is 4.86. The Morgan fingerprint density at radius 1 is 1.31 bits per heavy atom. The first-order chi connectivity index (χ1) is 7.79. The van der Waals surface area contributed by atoms with Crippen LogP contribution in [0.2, 0.25) is 0 Å². The first-order valence-corrected chi connectivity index (χ1v) is 5.26. The summed E-state index contributed by atoms with van der Waals surface area (Å²) in [5, 5.41) is 12.3. The van der Waals surface area contributed by atoms with E-state index in [4.69, 9.17) is 9.52 Å². The predicted octanol–water partition coefficient (Wildman–Crippen LogP) is 2.69. The summed E-state index contributed by atoms with van der Waals surface area (Å²) in [6.07, 6.45) is 1.69. The molecule has 0 amide bonds. The van der Waals surface area contributed by atoms with Gasteiger partial charge in [0.25, 0.3) is 0 Å². The molecule has 2 N–H and O–H groups in total. The molecule has 0 aliphatic carbocycles. The highest BCUT2D eigenvalue weighted by molar-refractivity contribution is 5.45. The molecule has 1 aromatic carbocycles. The van der Waals surface area contributed by atoms with Crippen LogP contribution >= 0.6 is 0 Å².